The van der Waals surface area contributed by atoms with E-state index in [1.54, 1.807) is 109 Å². The highest BCUT2D eigenvalue weighted by Gasteiger charge is 2.95. The van der Waals surface area contributed by atoms with Gasteiger partial charge in [0.15, 0.2) is 0 Å². The van der Waals surface area contributed by atoms with E-state index in [2.05, 4.69) is 0 Å². The van der Waals surface area contributed by atoms with Crippen molar-refractivity contribution in [1.29, 1.82) is 0 Å². The lowest BCUT2D eigenvalue weighted by molar-refractivity contribution is -0.379. The molecule has 2 bridgehead atoms. The van der Waals surface area contributed by atoms with Crippen molar-refractivity contribution in [3.05, 3.63) is 144 Å². The minimum absolute atomic E-state index is 0.137. The molecule has 7 heteroatoms. The van der Waals surface area contributed by atoms with Crippen molar-refractivity contribution < 1.29 is 33.3 Å². The number of ketones is 2. The van der Waals surface area contributed by atoms with E-state index in [1.165, 1.54) is 12.1 Å². The number of hydrogen-bond acceptors (Lipinski definition) is 7. The zero-order valence-electron chi connectivity index (χ0n) is 19.9. The second kappa shape index (κ2) is 7.79. The Hall–Kier alpha value is -4.43. The average molecular weight is 504 g/mol. The lowest BCUT2D eigenvalue weighted by Crippen LogP contribution is -2.65. The number of rotatable bonds is 6. The highest BCUT2D eigenvalue weighted by Crippen LogP contribution is 2.73. The molecular formula is C31H20O7. The maximum atomic E-state index is 14.6. The van der Waals surface area contributed by atoms with Crippen molar-refractivity contribution in [2.24, 2.45) is 0 Å². The Morgan fingerprint density at radius 3 is 1.63 bits per heavy atom. The Labute approximate surface area is 217 Å². The second-order valence-electron chi connectivity index (χ2n) is 9.35. The van der Waals surface area contributed by atoms with Crippen LogP contribution < -0.4 is 0 Å². The van der Waals surface area contributed by atoms with Crippen LogP contribution in [0.1, 0.15) is 27.0 Å². The molecule has 7 nitrogen and oxygen atoms in total. The van der Waals surface area contributed by atoms with Crippen molar-refractivity contribution in [1.82, 2.24) is 0 Å². The van der Waals surface area contributed by atoms with Crippen molar-refractivity contribution in [2.75, 3.05) is 0 Å². The predicted octanol–water partition coefficient (Wildman–Crippen LogP) is 4.37. The largest absolute Gasteiger partial charge is 0.422 e. The van der Waals surface area contributed by atoms with E-state index in [1.807, 2.05) is 0 Å². The summed E-state index contributed by atoms with van der Waals surface area (Å²) in [6.07, 6.45) is 0. The molecule has 4 atom stereocenters. The van der Waals surface area contributed by atoms with E-state index in [0.29, 0.717) is 16.7 Å². The zero-order valence-corrected chi connectivity index (χ0v) is 19.9. The van der Waals surface area contributed by atoms with Crippen molar-refractivity contribution >= 4 is 17.5 Å². The van der Waals surface area contributed by atoms with Crippen LogP contribution >= 0.6 is 0 Å². The van der Waals surface area contributed by atoms with Gasteiger partial charge in [-0.1, -0.05) is 121 Å². The molecule has 0 N–H and O–H groups in total. The first-order chi connectivity index (χ1) is 18.5. The quantitative estimate of drug-likeness (QED) is 0.219. The van der Waals surface area contributed by atoms with Gasteiger partial charge in [0.05, 0.1) is 0 Å². The van der Waals surface area contributed by atoms with Gasteiger partial charge in [-0.05, 0) is 5.56 Å². The minimum atomic E-state index is -2.34. The summed E-state index contributed by atoms with van der Waals surface area (Å²) in [5.41, 5.74) is -3.31. The number of carbonyl (C=O) groups is 3. The van der Waals surface area contributed by atoms with Crippen molar-refractivity contribution in [3.8, 4) is 0 Å². The molecule has 0 aliphatic carbocycles. The van der Waals surface area contributed by atoms with E-state index in [9.17, 15) is 14.4 Å². The van der Waals surface area contributed by atoms with E-state index < -0.39 is 40.5 Å². The van der Waals surface area contributed by atoms with E-state index in [0.717, 1.165) is 0 Å². The predicted molar refractivity (Wildman–Crippen MR) is 132 cm³/mol. The molecule has 3 fully saturated rings. The molecule has 38 heavy (non-hydrogen) atoms. The van der Waals surface area contributed by atoms with Gasteiger partial charge in [0.1, 0.15) is 0 Å². The fraction of sp³-hybridized carbons (Fsp3) is 0.129. The number of esters is 1. The monoisotopic (exact) mass is 504 g/mol. The molecule has 3 aliphatic heterocycles. The van der Waals surface area contributed by atoms with Crippen molar-refractivity contribution in [3.63, 3.8) is 0 Å². The minimum Gasteiger partial charge on any atom is -0.422 e. The van der Waals surface area contributed by atoms with Crippen molar-refractivity contribution in [2.45, 2.75) is 23.0 Å². The van der Waals surface area contributed by atoms with Gasteiger partial charge in [-0.25, -0.2) is 4.79 Å². The third kappa shape index (κ3) is 2.60. The molecule has 0 spiro atoms. The molecule has 0 amide bonds. The molecule has 186 valence electrons. The van der Waals surface area contributed by atoms with Crippen LogP contribution in [-0.4, -0.2) is 23.1 Å². The summed E-state index contributed by atoms with van der Waals surface area (Å²) in [6, 6.07) is 33.9. The van der Waals surface area contributed by atoms with Crippen LogP contribution in [0.25, 0.3) is 0 Å². The summed E-state index contributed by atoms with van der Waals surface area (Å²) in [4.78, 5) is 42.5. The molecular weight excluding hydrogens is 484 g/mol. The molecule has 4 aromatic carbocycles. The molecule has 4 aromatic rings. The Morgan fingerprint density at radius 2 is 1.05 bits per heavy atom. The highest BCUT2D eigenvalue weighted by molar-refractivity contribution is 6.47. The van der Waals surface area contributed by atoms with Crippen LogP contribution in [0.15, 0.2) is 121 Å². The lowest BCUT2D eigenvalue weighted by Gasteiger charge is -2.41. The smallest absolute Gasteiger partial charge is 0.350 e. The molecule has 0 aromatic heterocycles. The second-order valence-corrected chi connectivity index (χ2v) is 9.35. The van der Waals surface area contributed by atoms with Crippen LogP contribution in [0.3, 0.4) is 0 Å². The van der Waals surface area contributed by atoms with Gasteiger partial charge in [-0.3, -0.25) is 23.8 Å². The van der Waals surface area contributed by atoms with Gasteiger partial charge in [0, 0.05) is 16.7 Å². The van der Waals surface area contributed by atoms with Gasteiger partial charge in [-0.2, -0.15) is 0 Å². The first-order valence-electron chi connectivity index (χ1n) is 12.1. The van der Waals surface area contributed by atoms with Crippen LogP contribution in [0.2, 0.25) is 0 Å². The molecule has 0 saturated carbocycles. The SMILES string of the molecule is O=C(C(=O)[C@]12O[C@]3(c4ccccc4)O[C@@]1(c1ccccc1)OC(=O)[C@@]2(c1ccccc1)O3)c1ccccc1. The maximum absolute atomic E-state index is 14.6. The molecule has 3 heterocycles. The third-order valence-electron chi connectivity index (χ3n) is 7.36. The number of ether oxygens (including phenoxy) is 4. The summed E-state index contributed by atoms with van der Waals surface area (Å²) >= 11 is 0. The number of carbonyl (C=O) groups excluding carboxylic acids is 3. The number of benzene rings is 4. The summed E-state index contributed by atoms with van der Waals surface area (Å²) in [6.45, 7) is 0. The van der Waals surface area contributed by atoms with Gasteiger partial charge < -0.3 is 4.74 Å². The third-order valence-corrected chi connectivity index (χ3v) is 7.36. The van der Waals surface area contributed by atoms with E-state index in [4.69, 9.17) is 18.9 Å². The maximum Gasteiger partial charge on any atom is 0.350 e. The first-order valence-corrected chi connectivity index (χ1v) is 12.1. The van der Waals surface area contributed by atoms with Gasteiger partial charge in [-0.15, -0.1) is 0 Å². The van der Waals surface area contributed by atoms with E-state index in [-0.39, 0.29) is 5.56 Å². The summed E-state index contributed by atoms with van der Waals surface area (Å²) in [7, 11) is 0. The Morgan fingerprint density at radius 1 is 0.553 bits per heavy atom. The normalized spacial score (nSPS) is 30.7. The molecule has 0 radical (unpaired) electrons. The number of Topliss-reactive ketones (excluding diaryl/α,β-unsaturated/α-hetero) is 2. The van der Waals surface area contributed by atoms with Gasteiger partial charge in [0.25, 0.3) is 11.4 Å². The average Bonchev–Trinajstić information content (AvgIpc) is 3.51. The number of fused-ring (bicyclic) bond motifs is 1. The van der Waals surface area contributed by atoms with E-state index >= 15 is 0 Å². The summed E-state index contributed by atoms with van der Waals surface area (Å²) < 4.78 is 25.5. The highest BCUT2D eigenvalue weighted by atomic mass is 17.0. The number of hydrogen-bond donors (Lipinski definition) is 0. The summed E-state index contributed by atoms with van der Waals surface area (Å²) in [5.74, 6) is -6.90. The topological polar surface area (TPSA) is 88.1 Å². The van der Waals surface area contributed by atoms with Gasteiger partial charge >= 0.3 is 11.9 Å². The summed E-state index contributed by atoms with van der Waals surface area (Å²) in [5, 5.41) is 0. The van der Waals surface area contributed by atoms with Crippen LogP contribution in [0.5, 0.6) is 0 Å². The van der Waals surface area contributed by atoms with Gasteiger partial charge in [0.2, 0.25) is 17.2 Å². The van der Waals surface area contributed by atoms with Crippen LogP contribution in [0, 0.1) is 0 Å². The molecule has 3 aliphatic rings. The Kier molecular flexibility index (Phi) is 4.66. The Bertz CT molecular complexity index is 1570. The first kappa shape index (κ1) is 22.7. The molecule has 3 saturated heterocycles. The fourth-order valence-electron chi connectivity index (χ4n) is 5.74. The zero-order chi connectivity index (χ0) is 26.0. The van der Waals surface area contributed by atoms with Crippen LogP contribution in [-0.2, 0) is 45.9 Å². The molecule has 7 rings (SSSR count). The Balaban J connectivity index is 1.57. The lowest BCUT2D eigenvalue weighted by atomic mass is 9.69. The molecule has 0 unspecified atom stereocenters. The standard InChI is InChI=1S/C31H20O7/c32-25(21-13-5-1-6-14-21)26(33)29-28(22-15-7-2-8-16-22)27(34)35-30(29,23-17-9-3-10-18-23)38-31(36-28,37-29)24-19-11-4-12-20-24/h1-20H/t28-,29-,30-,31-/m1/s1. The fourth-order valence-corrected chi connectivity index (χ4v) is 5.74. The van der Waals surface area contributed by atoms with Crippen LogP contribution in [0.4, 0.5) is 0 Å².